The summed E-state index contributed by atoms with van der Waals surface area (Å²) < 4.78 is 8.50. The standard InChI is InChI=1S/C50H31N5O/c1-3-11-34(12-4-1)47-52-48(35-13-5-2-6-14-35)54-49(53-47)36-22-19-32(20-23-36)37-24-21-33-25-27-40(30-39(33)29-37)55-44-17-9-7-15-41(44)42-31-38(26-28-45(42)55)50-51-43-16-8-10-18-46(43)56-50/h1-31H. The molecule has 3 aromatic heterocycles. The summed E-state index contributed by atoms with van der Waals surface area (Å²) in [5, 5.41) is 4.68. The van der Waals surface area contributed by atoms with Gasteiger partial charge in [0.05, 0.1) is 11.0 Å². The molecule has 0 spiro atoms. The molecule has 6 nitrogen and oxygen atoms in total. The van der Waals surface area contributed by atoms with Gasteiger partial charge in [-0.3, -0.25) is 0 Å². The molecule has 262 valence electrons. The lowest BCUT2D eigenvalue weighted by Gasteiger charge is -2.11. The van der Waals surface area contributed by atoms with Crippen molar-refractivity contribution in [3.05, 3.63) is 188 Å². The van der Waals surface area contributed by atoms with Crippen LogP contribution in [0.3, 0.4) is 0 Å². The van der Waals surface area contributed by atoms with Crippen molar-refractivity contribution in [1.29, 1.82) is 0 Å². The normalized spacial score (nSPS) is 11.6. The topological polar surface area (TPSA) is 69.6 Å². The highest BCUT2D eigenvalue weighted by molar-refractivity contribution is 6.10. The summed E-state index contributed by atoms with van der Waals surface area (Å²) in [6, 6.07) is 64.9. The number of nitrogens with zero attached hydrogens (tertiary/aromatic N) is 5. The van der Waals surface area contributed by atoms with Crippen molar-refractivity contribution in [1.82, 2.24) is 24.5 Å². The minimum Gasteiger partial charge on any atom is -0.436 e. The number of hydrogen-bond donors (Lipinski definition) is 0. The molecule has 11 aromatic rings. The molecule has 0 aliphatic heterocycles. The second-order valence-corrected chi connectivity index (χ2v) is 13.9. The fourth-order valence-corrected chi connectivity index (χ4v) is 7.68. The Kier molecular flexibility index (Phi) is 7.38. The first-order valence-corrected chi connectivity index (χ1v) is 18.6. The monoisotopic (exact) mass is 717 g/mol. The smallest absolute Gasteiger partial charge is 0.227 e. The summed E-state index contributed by atoms with van der Waals surface area (Å²) >= 11 is 0. The van der Waals surface area contributed by atoms with Gasteiger partial charge in [0.1, 0.15) is 5.52 Å². The van der Waals surface area contributed by atoms with E-state index in [0.29, 0.717) is 23.4 Å². The number of hydrogen-bond acceptors (Lipinski definition) is 5. The molecule has 0 unspecified atom stereocenters. The summed E-state index contributed by atoms with van der Waals surface area (Å²) in [4.78, 5) is 19.4. The Morgan fingerprint density at radius 1 is 0.357 bits per heavy atom. The molecule has 0 aliphatic carbocycles. The van der Waals surface area contributed by atoms with Gasteiger partial charge in [-0.25, -0.2) is 19.9 Å². The average Bonchev–Trinajstić information content (AvgIpc) is 3.86. The third-order valence-electron chi connectivity index (χ3n) is 10.5. The Bertz CT molecular complexity index is 3150. The lowest BCUT2D eigenvalue weighted by atomic mass is 9.99. The fourth-order valence-electron chi connectivity index (χ4n) is 7.68. The minimum atomic E-state index is 0.623. The summed E-state index contributed by atoms with van der Waals surface area (Å²) in [6.45, 7) is 0. The van der Waals surface area contributed by atoms with Crippen LogP contribution in [0, 0.1) is 0 Å². The van der Waals surface area contributed by atoms with Gasteiger partial charge in [0.2, 0.25) is 5.89 Å². The number of benzene rings is 8. The van der Waals surface area contributed by atoms with Crippen LogP contribution in [0.1, 0.15) is 0 Å². The number of para-hydroxylation sites is 3. The van der Waals surface area contributed by atoms with Gasteiger partial charge in [0.25, 0.3) is 0 Å². The van der Waals surface area contributed by atoms with E-state index in [9.17, 15) is 0 Å². The van der Waals surface area contributed by atoms with Gasteiger partial charge in [0, 0.05) is 38.7 Å². The molecule has 0 amide bonds. The van der Waals surface area contributed by atoms with E-state index in [-0.39, 0.29) is 0 Å². The maximum Gasteiger partial charge on any atom is 0.227 e. The van der Waals surface area contributed by atoms with Crippen molar-refractivity contribution in [2.24, 2.45) is 0 Å². The van der Waals surface area contributed by atoms with Crippen molar-refractivity contribution >= 4 is 43.7 Å². The molecule has 0 saturated carbocycles. The summed E-state index contributed by atoms with van der Waals surface area (Å²) in [7, 11) is 0. The van der Waals surface area contributed by atoms with Gasteiger partial charge in [0.15, 0.2) is 23.1 Å². The number of rotatable bonds is 6. The molecule has 0 saturated heterocycles. The van der Waals surface area contributed by atoms with E-state index in [1.54, 1.807) is 0 Å². The van der Waals surface area contributed by atoms with E-state index in [0.717, 1.165) is 72.0 Å². The van der Waals surface area contributed by atoms with Crippen molar-refractivity contribution in [3.63, 3.8) is 0 Å². The van der Waals surface area contributed by atoms with E-state index in [4.69, 9.17) is 24.4 Å². The van der Waals surface area contributed by atoms with Crippen molar-refractivity contribution in [2.45, 2.75) is 0 Å². The van der Waals surface area contributed by atoms with Crippen LogP contribution in [-0.4, -0.2) is 24.5 Å². The molecule has 6 heteroatoms. The summed E-state index contributed by atoms with van der Waals surface area (Å²) in [5.41, 5.74) is 11.1. The second-order valence-electron chi connectivity index (χ2n) is 13.9. The number of oxazole rings is 1. The Morgan fingerprint density at radius 3 is 1.66 bits per heavy atom. The Hall–Kier alpha value is -7.70. The van der Waals surface area contributed by atoms with Gasteiger partial charge in [-0.1, -0.05) is 133 Å². The van der Waals surface area contributed by atoms with Gasteiger partial charge >= 0.3 is 0 Å². The fraction of sp³-hybridized carbons (Fsp3) is 0. The highest BCUT2D eigenvalue weighted by Crippen LogP contribution is 2.37. The quantitative estimate of drug-likeness (QED) is 0.171. The predicted octanol–water partition coefficient (Wildman–Crippen LogP) is 12.6. The Balaban J connectivity index is 0.961. The number of aromatic nitrogens is 5. The van der Waals surface area contributed by atoms with Gasteiger partial charge < -0.3 is 8.98 Å². The molecule has 56 heavy (non-hydrogen) atoms. The first-order valence-electron chi connectivity index (χ1n) is 18.6. The molecule has 0 N–H and O–H groups in total. The van der Waals surface area contributed by atoms with Gasteiger partial charge in [-0.15, -0.1) is 0 Å². The largest absolute Gasteiger partial charge is 0.436 e. The molecule has 0 atom stereocenters. The average molecular weight is 718 g/mol. The van der Waals surface area contributed by atoms with Crippen molar-refractivity contribution in [3.8, 4) is 62.4 Å². The molecule has 11 rings (SSSR count). The first kappa shape index (κ1) is 31.8. The summed E-state index contributed by atoms with van der Waals surface area (Å²) in [6.07, 6.45) is 0. The van der Waals surface area contributed by atoms with E-state index in [1.807, 2.05) is 84.9 Å². The van der Waals surface area contributed by atoms with Crippen LogP contribution in [0.5, 0.6) is 0 Å². The molecule has 3 heterocycles. The molecule has 0 fully saturated rings. The number of fused-ring (bicyclic) bond motifs is 5. The molecule has 0 bridgehead atoms. The zero-order valence-electron chi connectivity index (χ0n) is 30.0. The van der Waals surface area contributed by atoms with E-state index in [1.165, 1.54) is 10.8 Å². The maximum absolute atomic E-state index is 6.15. The van der Waals surface area contributed by atoms with Crippen LogP contribution in [0.15, 0.2) is 192 Å². The zero-order chi connectivity index (χ0) is 37.0. The molecular formula is C50H31N5O. The molecule has 0 aliphatic rings. The van der Waals surface area contributed by atoms with Crippen LogP contribution >= 0.6 is 0 Å². The molecule has 8 aromatic carbocycles. The van der Waals surface area contributed by atoms with Crippen LogP contribution in [-0.2, 0) is 0 Å². The molecular weight excluding hydrogens is 687 g/mol. The lowest BCUT2D eigenvalue weighted by molar-refractivity contribution is 0.620. The first-order chi connectivity index (χ1) is 27.7. The van der Waals surface area contributed by atoms with Gasteiger partial charge in [-0.05, 0) is 76.5 Å². The van der Waals surface area contributed by atoms with Crippen molar-refractivity contribution < 1.29 is 4.42 Å². The second kappa shape index (κ2) is 13.0. The SMILES string of the molecule is c1ccc(-c2nc(-c3ccccc3)nc(-c3ccc(-c4ccc5ccc(-n6c7ccccc7c7cc(-c8nc9ccccc9o8)ccc76)cc5c4)cc3)n2)cc1. The molecule has 0 radical (unpaired) electrons. The van der Waals surface area contributed by atoms with Crippen LogP contribution in [0.4, 0.5) is 0 Å². The zero-order valence-corrected chi connectivity index (χ0v) is 30.0. The maximum atomic E-state index is 6.15. The van der Waals surface area contributed by atoms with Crippen LogP contribution in [0.25, 0.3) is 106 Å². The highest BCUT2D eigenvalue weighted by atomic mass is 16.3. The van der Waals surface area contributed by atoms with E-state index in [2.05, 4.69) is 108 Å². The van der Waals surface area contributed by atoms with Crippen molar-refractivity contribution in [2.75, 3.05) is 0 Å². The van der Waals surface area contributed by atoms with E-state index >= 15 is 0 Å². The predicted molar refractivity (Wildman–Crippen MR) is 226 cm³/mol. The minimum absolute atomic E-state index is 0.623. The highest BCUT2D eigenvalue weighted by Gasteiger charge is 2.17. The lowest BCUT2D eigenvalue weighted by Crippen LogP contribution is -2.00. The summed E-state index contributed by atoms with van der Waals surface area (Å²) in [5.74, 6) is 2.56. The Morgan fingerprint density at radius 2 is 0.929 bits per heavy atom. The Labute approximate surface area is 322 Å². The van der Waals surface area contributed by atoms with Crippen LogP contribution in [0.2, 0.25) is 0 Å². The van der Waals surface area contributed by atoms with Gasteiger partial charge in [-0.2, -0.15) is 0 Å². The van der Waals surface area contributed by atoms with Crippen LogP contribution < -0.4 is 0 Å². The third kappa shape index (κ3) is 5.51. The third-order valence-corrected chi connectivity index (χ3v) is 10.5. The van der Waals surface area contributed by atoms with E-state index < -0.39 is 0 Å².